The van der Waals surface area contributed by atoms with E-state index >= 15 is 0 Å². The van der Waals surface area contributed by atoms with Gasteiger partial charge < -0.3 is 20.3 Å². The number of carboxylic acids is 1. The lowest BCUT2D eigenvalue weighted by Gasteiger charge is -2.04. The van der Waals surface area contributed by atoms with Gasteiger partial charge in [-0.15, -0.1) is 11.3 Å². The maximum absolute atomic E-state index is 12.1. The van der Waals surface area contributed by atoms with Gasteiger partial charge in [-0.05, 0) is 36.9 Å². The van der Waals surface area contributed by atoms with Crippen LogP contribution in [0.15, 0.2) is 24.5 Å². The highest BCUT2D eigenvalue weighted by atomic mass is 32.1. The molecule has 3 aromatic heterocycles. The number of nitrogens with two attached hydrogens (primary N) is 1. The van der Waals surface area contributed by atoms with Crippen molar-refractivity contribution in [2.45, 2.75) is 20.5 Å². The molecule has 0 aliphatic heterocycles. The summed E-state index contributed by atoms with van der Waals surface area (Å²) in [6.07, 6.45) is 1.25. The van der Waals surface area contributed by atoms with E-state index < -0.39 is 5.97 Å². The smallest absolute Gasteiger partial charge is 0.354 e. The normalized spacial score (nSPS) is 11.4. The van der Waals surface area contributed by atoms with Gasteiger partial charge in [0.1, 0.15) is 17.6 Å². The van der Waals surface area contributed by atoms with Crippen LogP contribution in [0.3, 0.4) is 0 Å². The Balaban J connectivity index is 2.10. The monoisotopic (exact) mass is 412 g/mol. The van der Waals surface area contributed by atoms with E-state index in [4.69, 9.17) is 15.2 Å². The number of hydrogen-bond donors (Lipinski definition) is 2. The lowest BCUT2D eigenvalue weighted by atomic mass is 10.1. The van der Waals surface area contributed by atoms with Crippen molar-refractivity contribution >= 4 is 38.7 Å². The minimum absolute atomic E-state index is 0.0261. The Kier molecular flexibility index (Phi) is 4.85. The molecule has 0 atom stereocenters. The number of anilines is 1. The molecule has 0 spiro atoms. The number of ether oxygens (including phenoxy) is 2. The maximum atomic E-state index is 12.1. The largest absolute Gasteiger partial charge is 0.495 e. The van der Waals surface area contributed by atoms with E-state index in [9.17, 15) is 9.90 Å². The van der Waals surface area contributed by atoms with E-state index in [1.807, 2.05) is 26.0 Å². The number of nitrogen functional groups attached to an aromatic ring is 1. The molecule has 0 fully saturated rings. The molecule has 4 rings (SSSR count). The first-order valence-electron chi connectivity index (χ1n) is 8.99. The molecular formula is C20H20N4O4S. The van der Waals surface area contributed by atoms with Crippen molar-refractivity contribution < 1.29 is 19.4 Å². The molecule has 0 aliphatic rings. The summed E-state index contributed by atoms with van der Waals surface area (Å²) in [5.74, 6) is -0.122. The summed E-state index contributed by atoms with van der Waals surface area (Å²) in [6.45, 7) is 4.44. The molecule has 4 aromatic rings. The molecule has 3 N–H and O–H groups in total. The number of carbonyl (C=O) groups is 1. The Morgan fingerprint density at radius 3 is 2.83 bits per heavy atom. The summed E-state index contributed by atoms with van der Waals surface area (Å²) in [5, 5.41) is 15.0. The number of rotatable bonds is 6. The van der Waals surface area contributed by atoms with Crippen molar-refractivity contribution in [2.24, 2.45) is 0 Å². The van der Waals surface area contributed by atoms with Crippen molar-refractivity contribution in [2.75, 3.05) is 19.5 Å². The van der Waals surface area contributed by atoms with Crippen LogP contribution in [0.5, 0.6) is 5.75 Å². The standard InChI is InChI=1S/C20H20N4O4S/c1-4-28-8-12-15(17-19(21)22-9-23-24(17)16(12)20(25)26)14-7-11-5-10(2)6-13(27-3)18(11)29-14/h5-7,9H,4,8H2,1-3H3,(H,25,26)(H2,21,22,23). The van der Waals surface area contributed by atoms with E-state index in [1.165, 1.54) is 22.2 Å². The lowest BCUT2D eigenvalue weighted by molar-refractivity contribution is 0.0679. The number of benzene rings is 1. The number of thiophene rings is 1. The average Bonchev–Trinajstić information content (AvgIpc) is 3.24. The SMILES string of the molecule is CCOCc1c(-c2cc3cc(C)cc(OC)c3s2)c2c(N)ncnn2c1C(=O)O. The first kappa shape index (κ1) is 19.2. The summed E-state index contributed by atoms with van der Waals surface area (Å²) < 4.78 is 13.4. The van der Waals surface area contributed by atoms with Gasteiger partial charge in [0.2, 0.25) is 0 Å². The number of aromatic nitrogens is 3. The molecule has 1 aromatic carbocycles. The zero-order chi connectivity index (χ0) is 20.7. The first-order valence-corrected chi connectivity index (χ1v) is 9.81. The number of carboxylic acid groups (broad SMARTS) is 1. The van der Waals surface area contributed by atoms with Gasteiger partial charge in [-0.25, -0.2) is 14.3 Å². The Labute approximate surface area is 170 Å². The molecule has 0 unspecified atom stereocenters. The van der Waals surface area contributed by atoms with Crippen LogP contribution in [0.2, 0.25) is 0 Å². The zero-order valence-corrected chi connectivity index (χ0v) is 17.0. The summed E-state index contributed by atoms with van der Waals surface area (Å²) in [7, 11) is 1.64. The van der Waals surface area contributed by atoms with Crippen molar-refractivity contribution in [1.82, 2.24) is 14.6 Å². The second-order valence-corrected chi connectivity index (χ2v) is 7.60. The summed E-state index contributed by atoms with van der Waals surface area (Å²) in [6, 6.07) is 6.05. The van der Waals surface area contributed by atoms with Gasteiger partial charge in [0, 0.05) is 22.6 Å². The van der Waals surface area contributed by atoms with Gasteiger partial charge in [0.25, 0.3) is 0 Å². The molecule has 0 bridgehead atoms. The maximum Gasteiger partial charge on any atom is 0.354 e. The highest BCUT2D eigenvalue weighted by Gasteiger charge is 2.28. The fraction of sp³-hybridized carbons (Fsp3) is 0.250. The number of hydrogen-bond acceptors (Lipinski definition) is 7. The summed E-state index contributed by atoms with van der Waals surface area (Å²) in [5.41, 5.74) is 8.91. The average molecular weight is 412 g/mol. The zero-order valence-electron chi connectivity index (χ0n) is 16.2. The van der Waals surface area contributed by atoms with Crippen molar-refractivity contribution in [3.63, 3.8) is 0 Å². The molecule has 0 saturated heterocycles. The van der Waals surface area contributed by atoms with Crippen LogP contribution in [-0.2, 0) is 11.3 Å². The number of aromatic carboxylic acids is 1. The van der Waals surface area contributed by atoms with Crippen LogP contribution in [0.1, 0.15) is 28.5 Å². The molecule has 8 nitrogen and oxygen atoms in total. The number of nitrogens with zero attached hydrogens (tertiary/aromatic N) is 3. The quantitative estimate of drug-likeness (QED) is 0.496. The fourth-order valence-corrected chi connectivity index (χ4v) is 4.73. The topological polar surface area (TPSA) is 112 Å². The van der Waals surface area contributed by atoms with Crippen LogP contribution >= 0.6 is 11.3 Å². The van der Waals surface area contributed by atoms with Gasteiger partial charge in [-0.2, -0.15) is 5.10 Å². The van der Waals surface area contributed by atoms with E-state index in [2.05, 4.69) is 16.1 Å². The Morgan fingerprint density at radius 2 is 2.14 bits per heavy atom. The fourth-order valence-electron chi connectivity index (χ4n) is 3.53. The predicted octanol–water partition coefficient (Wildman–Crippen LogP) is 3.74. The van der Waals surface area contributed by atoms with Gasteiger partial charge in [0.05, 0.1) is 18.4 Å². The van der Waals surface area contributed by atoms with Crippen LogP contribution < -0.4 is 10.5 Å². The Hall–Kier alpha value is -3.17. The molecular weight excluding hydrogens is 392 g/mol. The highest BCUT2D eigenvalue weighted by molar-refractivity contribution is 7.22. The lowest BCUT2D eigenvalue weighted by Crippen LogP contribution is -2.09. The van der Waals surface area contributed by atoms with Gasteiger partial charge in [-0.3, -0.25) is 0 Å². The number of fused-ring (bicyclic) bond motifs is 2. The van der Waals surface area contributed by atoms with E-state index in [0.29, 0.717) is 23.3 Å². The van der Waals surface area contributed by atoms with Crippen molar-refractivity contribution in [1.29, 1.82) is 0 Å². The molecule has 0 radical (unpaired) electrons. The number of methoxy groups -OCH3 is 1. The summed E-state index contributed by atoms with van der Waals surface area (Å²) >= 11 is 1.51. The molecule has 9 heteroatoms. The van der Waals surface area contributed by atoms with Crippen LogP contribution in [0.25, 0.3) is 26.0 Å². The molecule has 0 amide bonds. The van der Waals surface area contributed by atoms with E-state index in [-0.39, 0.29) is 18.1 Å². The second kappa shape index (κ2) is 7.34. The van der Waals surface area contributed by atoms with Crippen molar-refractivity contribution in [3.8, 4) is 16.2 Å². The third-order valence-electron chi connectivity index (χ3n) is 4.70. The van der Waals surface area contributed by atoms with E-state index in [1.54, 1.807) is 7.11 Å². The van der Waals surface area contributed by atoms with Gasteiger partial charge in [-0.1, -0.05) is 6.07 Å². The van der Waals surface area contributed by atoms with Crippen LogP contribution in [0.4, 0.5) is 5.82 Å². The molecule has 150 valence electrons. The molecule has 3 heterocycles. The predicted molar refractivity (Wildman–Crippen MR) is 112 cm³/mol. The van der Waals surface area contributed by atoms with Gasteiger partial charge in [0.15, 0.2) is 11.5 Å². The van der Waals surface area contributed by atoms with Crippen LogP contribution in [-0.4, -0.2) is 39.4 Å². The molecule has 0 saturated carbocycles. The van der Waals surface area contributed by atoms with E-state index in [0.717, 1.165) is 26.3 Å². The minimum Gasteiger partial charge on any atom is -0.495 e. The van der Waals surface area contributed by atoms with Crippen molar-refractivity contribution in [3.05, 3.63) is 41.3 Å². The third-order valence-corrected chi connectivity index (χ3v) is 5.88. The highest BCUT2D eigenvalue weighted by Crippen LogP contribution is 2.44. The third kappa shape index (κ3) is 3.08. The summed E-state index contributed by atoms with van der Waals surface area (Å²) in [4.78, 5) is 17.0. The number of aryl methyl sites for hydroxylation is 1. The Morgan fingerprint density at radius 1 is 1.34 bits per heavy atom. The second-order valence-electron chi connectivity index (χ2n) is 6.55. The Bertz CT molecular complexity index is 1240. The van der Waals surface area contributed by atoms with Crippen LogP contribution in [0, 0.1) is 6.92 Å². The first-order chi connectivity index (χ1) is 14.0. The van der Waals surface area contributed by atoms with Gasteiger partial charge >= 0.3 is 5.97 Å². The molecule has 29 heavy (non-hydrogen) atoms. The molecule has 0 aliphatic carbocycles. The minimum atomic E-state index is -1.10.